The van der Waals surface area contributed by atoms with E-state index in [2.05, 4.69) is 29.6 Å². The first-order chi connectivity index (χ1) is 12.7. The van der Waals surface area contributed by atoms with E-state index in [9.17, 15) is 9.90 Å². The van der Waals surface area contributed by atoms with Gasteiger partial charge in [-0.25, -0.2) is 0 Å². The Kier molecular flexibility index (Phi) is 6.47. The van der Waals surface area contributed by atoms with E-state index in [4.69, 9.17) is 0 Å². The number of aliphatic carboxylic acids is 1. The lowest BCUT2D eigenvalue weighted by Crippen LogP contribution is -2.38. The Morgan fingerprint density at radius 3 is 2.00 bits per heavy atom. The van der Waals surface area contributed by atoms with Crippen LogP contribution in [0.5, 0.6) is 0 Å². The minimum atomic E-state index is -0.829. The molecule has 0 fully saturated rings. The molecule has 3 rings (SSSR count). The molecule has 3 aromatic carbocycles. The van der Waals surface area contributed by atoms with Crippen molar-refractivity contribution in [1.29, 1.82) is 0 Å². The molecule has 1 unspecified atom stereocenters. The fourth-order valence-electron chi connectivity index (χ4n) is 2.64. The molecular weight excluding hydrogens is 342 g/mol. The Balaban J connectivity index is 1.56. The summed E-state index contributed by atoms with van der Waals surface area (Å²) in [6.07, 6.45) is 0.470. The van der Waals surface area contributed by atoms with Gasteiger partial charge in [-0.2, -0.15) is 0 Å². The number of hydrogen-bond acceptors (Lipinski definition) is 3. The molecule has 0 saturated heterocycles. The van der Waals surface area contributed by atoms with Gasteiger partial charge in [-0.3, -0.25) is 4.79 Å². The third-order valence-electron chi connectivity index (χ3n) is 4.04. The normalized spacial score (nSPS) is 11.8. The third kappa shape index (κ3) is 5.48. The summed E-state index contributed by atoms with van der Waals surface area (Å²) < 4.78 is 0. The summed E-state index contributed by atoms with van der Waals surface area (Å²) >= 11 is 1.71. The van der Waals surface area contributed by atoms with E-state index < -0.39 is 12.0 Å². The summed E-state index contributed by atoms with van der Waals surface area (Å²) in [6, 6.07) is 27.5. The van der Waals surface area contributed by atoms with Gasteiger partial charge in [0, 0.05) is 16.3 Å². The van der Waals surface area contributed by atoms with Gasteiger partial charge < -0.3 is 10.4 Å². The van der Waals surface area contributed by atoms with Crippen LogP contribution in [-0.4, -0.2) is 17.1 Å². The zero-order valence-corrected chi connectivity index (χ0v) is 15.2. The number of carboxylic acids is 1. The molecule has 4 heteroatoms. The number of carboxylic acid groups (broad SMARTS) is 1. The van der Waals surface area contributed by atoms with E-state index in [-0.39, 0.29) is 0 Å². The van der Waals surface area contributed by atoms with Crippen LogP contribution in [0.25, 0.3) is 0 Å². The molecular formula is C22H21NO2S. The average molecular weight is 363 g/mol. The first-order valence-corrected chi connectivity index (χ1v) is 9.34. The van der Waals surface area contributed by atoms with E-state index in [0.29, 0.717) is 13.0 Å². The second-order valence-electron chi connectivity index (χ2n) is 6.02. The molecule has 0 saturated carbocycles. The summed E-state index contributed by atoms with van der Waals surface area (Å²) in [4.78, 5) is 13.9. The van der Waals surface area contributed by atoms with Gasteiger partial charge >= 0.3 is 5.97 Å². The molecule has 0 bridgehead atoms. The van der Waals surface area contributed by atoms with Gasteiger partial charge in [-0.1, -0.05) is 72.4 Å². The summed E-state index contributed by atoms with van der Waals surface area (Å²) in [5.74, 6) is -0.829. The fraction of sp³-hybridized carbons (Fsp3) is 0.136. The van der Waals surface area contributed by atoms with Crippen molar-refractivity contribution >= 4 is 17.7 Å². The second-order valence-corrected chi connectivity index (χ2v) is 7.17. The van der Waals surface area contributed by atoms with Crippen LogP contribution in [-0.2, 0) is 17.8 Å². The third-order valence-corrected chi connectivity index (χ3v) is 5.05. The summed E-state index contributed by atoms with van der Waals surface area (Å²) in [7, 11) is 0. The Labute approximate surface area is 158 Å². The van der Waals surface area contributed by atoms with Gasteiger partial charge in [-0.15, -0.1) is 0 Å². The Morgan fingerprint density at radius 2 is 1.38 bits per heavy atom. The lowest BCUT2D eigenvalue weighted by molar-refractivity contribution is -0.139. The van der Waals surface area contributed by atoms with Crippen LogP contribution in [0.1, 0.15) is 11.1 Å². The van der Waals surface area contributed by atoms with Gasteiger partial charge in [0.25, 0.3) is 0 Å². The van der Waals surface area contributed by atoms with E-state index in [1.807, 2.05) is 60.7 Å². The number of carbonyl (C=O) groups is 1. The molecule has 1 atom stereocenters. The van der Waals surface area contributed by atoms with Crippen molar-refractivity contribution in [3.63, 3.8) is 0 Å². The van der Waals surface area contributed by atoms with Crippen molar-refractivity contribution < 1.29 is 9.90 Å². The molecule has 3 aromatic rings. The van der Waals surface area contributed by atoms with Crippen LogP contribution in [0.15, 0.2) is 94.7 Å². The molecule has 3 nitrogen and oxygen atoms in total. The number of nitrogens with one attached hydrogen (secondary N) is 1. The number of rotatable bonds is 8. The zero-order valence-electron chi connectivity index (χ0n) is 14.3. The SMILES string of the molecule is O=C(O)C(Cc1ccccc1)NCc1ccc(Sc2ccccc2)cc1. The van der Waals surface area contributed by atoms with Gasteiger partial charge in [0.05, 0.1) is 0 Å². The zero-order chi connectivity index (χ0) is 18.2. The molecule has 0 spiro atoms. The smallest absolute Gasteiger partial charge is 0.321 e. The Morgan fingerprint density at radius 1 is 0.808 bits per heavy atom. The lowest BCUT2D eigenvalue weighted by atomic mass is 10.1. The highest BCUT2D eigenvalue weighted by molar-refractivity contribution is 7.99. The van der Waals surface area contributed by atoms with Crippen LogP contribution in [0.3, 0.4) is 0 Å². The molecule has 26 heavy (non-hydrogen) atoms. The maximum atomic E-state index is 11.5. The molecule has 0 aliphatic rings. The molecule has 2 N–H and O–H groups in total. The number of benzene rings is 3. The van der Waals surface area contributed by atoms with Gasteiger partial charge in [-0.05, 0) is 41.8 Å². The predicted molar refractivity (Wildman–Crippen MR) is 105 cm³/mol. The van der Waals surface area contributed by atoms with Crippen LogP contribution in [0, 0.1) is 0 Å². The van der Waals surface area contributed by atoms with Crippen LogP contribution < -0.4 is 5.32 Å². The molecule has 0 aromatic heterocycles. The first kappa shape index (κ1) is 18.2. The summed E-state index contributed by atoms with van der Waals surface area (Å²) in [6.45, 7) is 0.528. The standard InChI is InChI=1S/C22H21NO2S/c24-22(25)21(15-17-7-3-1-4-8-17)23-16-18-11-13-20(14-12-18)26-19-9-5-2-6-10-19/h1-14,21,23H,15-16H2,(H,24,25). The van der Waals surface area contributed by atoms with Gasteiger partial charge in [0.15, 0.2) is 0 Å². The number of hydrogen-bond donors (Lipinski definition) is 2. The molecule has 132 valence electrons. The highest BCUT2D eigenvalue weighted by Crippen LogP contribution is 2.27. The van der Waals surface area contributed by atoms with Crippen molar-refractivity contribution in [3.05, 3.63) is 96.1 Å². The van der Waals surface area contributed by atoms with Crippen molar-refractivity contribution in [3.8, 4) is 0 Å². The highest BCUT2D eigenvalue weighted by atomic mass is 32.2. The van der Waals surface area contributed by atoms with Crippen LogP contribution >= 0.6 is 11.8 Å². The highest BCUT2D eigenvalue weighted by Gasteiger charge is 2.17. The van der Waals surface area contributed by atoms with Gasteiger partial charge in [0.2, 0.25) is 0 Å². The Bertz CT molecular complexity index is 820. The largest absolute Gasteiger partial charge is 0.480 e. The Hall–Kier alpha value is -2.56. The average Bonchev–Trinajstić information content (AvgIpc) is 2.68. The maximum absolute atomic E-state index is 11.5. The molecule has 0 radical (unpaired) electrons. The van der Waals surface area contributed by atoms with E-state index >= 15 is 0 Å². The predicted octanol–water partition coefficient (Wildman–Crippen LogP) is 4.62. The summed E-state index contributed by atoms with van der Waals surface area (Å²) in [5.41, 5.74) is 2.09. The fourth-order valence-corrected chi connectivity index (χ4v) is 3.48. The van der Waals surface area contributed by atoms with Crippen molar-refractivity contribution in [2.75, 3.05) is 0 Å². The maximum Gasteiger partial charge on any atom is 0.321 e. The van der Waals surface area contributed by atoms with E-state index in [1.165, 1.54) is 9.79 Å². The first-order valence-electron chi connectivity index (χ1n) is 8.52. The molecule has 0 amide bonds. The lowest BCUT2D eigenvalue weighted by Gasteiger charge is -2.15. The van der Waals surface area contributed by atoms with E-state index in [0.717, 1.165) is 11.1 Å². The second kappa shape index (κ2) is 9.22. The topological polar surface area (TPSA) is 49.3 Å². The van der Waals surface area contributed by atoms with Crippen LogP contribution in [0.4, 0.5) is 0 Å². The van der Waals surface area contributed by atoms with Crippen molar-refractivity contribution in [2.24, 2.45) is 0 Å². The monoisotopic (exact) mass is 363 g/mol. The minimum absolute atomic E-state index is 0.470. The van der Waals surface area contributed by atoms with Crippen LogP contribution in [0.2, 0.25) is 0 Å². The van der Waals surface area contributed by atoms with E-state index in [1.54, 1.807) is 11.8 Å². The quantitative estimate of drug-likeness (QED) is 0.613. The molecule has 0 heterocycles. The van der Waals surface area contributed by atoms with Crippen molar-refractivity contribution in [2.45, 2.75) is 28.8 Å². The van der Waals surface area contributed by atoms with Gasteiger partial charge in [0.1, 0.15) is 6.04 Å². The van der Waals surface area contributed by atoms with Crippen molar-refractivity contribution in [1.82, 2.24) is 5.32 Å². The molecule has 0 aliphatic heterocycles. The molecule has 0 aliphatic carbocycles. The minimum Gasteiger partial charge on any atom is -0.480 e. The summed E-state index contributed by atoms with van der Waals surface area (Å²) in [5, 5.41) is 12.6.